The lowest BCUT2D eigenvalue weighted by Crippen LogP contribution is -1.95. The summed E-state index contributed by atoms with van der Waals surface area (Å²) in [7, 11) is 0. The van der Waals surface area contributed by atoms with Gasteiger partial charge in [-0.15, -0.1) is 0 Å². The van der Waals surface area contributed by atoms with Gasteiger partial charge in [0.05, 0.1) is 5.02 Å². The van der Waals surface area contributed by atoms with Crippen molar-refractivity contribution >= 4 is 33.9 Å². The number of aromatic nitrogens is 1. The van der Waals surface area contributed by atoms with Crippen molar-refractivity contribution in [1.29, 1.82) is 0 Å². The molecule has 0 bridgehead atoms. The fraction of sp³-hybridized carbons (Fsp3) is 0. The van der Waals surface area contributed by atoms with Crippen molar-refractivity contribution in [2.24, 2.45) is 0 Å². The maximum absolute atomic E-state index is 13.7. The minimum absolute atomic E-state index is 0.0456. The predicted octanol–water partition coefficient (Wildman–Crippen LogP) is 5.05. The number of hydrogen-bond donors (Lipinski definition) is 1. The Morgan fingerprint density at radius 1 is 0.952 bits per heavy atom. The van der Waals surface area contributed by atoms with Crippen LogP contribution in [-0.2, 0) is 0 Å². The zero-order chi connectivity index (χ0) is 15.0. The second-order valence-corrected chi connectivity index (χ2v) is 4.80. The molecule has 0 aliphatic heterocycles. The van der Waals surface area contributed by atoms with E-state index in [0.717, 1.165) is 6.07 Å². The molecular weight excluding hydrogens is 301 g/mol. The molecule has 1 aromatic heterocycles. The summed E-state index contributed by atoms with van der Waals surface area (Å²) in [6.45, 7) is 0. The fourth-order valence-electron chi connectivity index (χ4n) is 2.02. The number of halogens is 4. The Morgan fingerprint density at radius 3 is 2.52 bits per heavy atom. The van der Waals surface area contributed by atoms with Crippen molar-refractivity contribution < 1.29 is 13.2 Å². The van der Waals surface area contributed by atoms with Crippen LogP contribution in [0.4, 0.5) is 24.5 Å². The average Bonchev–Trinajstić information content (AvgIpc) is 2.44. The average molecular weight is 309 g/mol. The molecule has 0 unspecified atom stereocenters. The number of fused-ring (bicyclic) bond motifs is 1. The van der Waals surface area contributed by atoms with Gasteiger partial charge in [0, 0.05) is 29.0 Å². The topological polar surface area (TPSA) is 24.9 Å². The minimum Gasteiger partial charge on any atom is -0.355 e. The smallest absolute Gasteiger partial charge is 0.152 e. The SMILES string of the molecule is Fc1cc(F)c2nccc(Nc3ccc(F)c(Cl)c3)c2c1. The predicted molar refractivity (Wildman–Crippen MR) is 76.4 cm³/mol. The van der Waals surface area contributed by atoms with Crippen LogP contribution in [0.15, 0.2) is 42.6 Å². The lowest BCUT2D eigenvalue weighted by molar-refractivity contribution is 0.590. The summed E-state index contributed by atoms with van der Waals surface area (Å²) in [6, 6.07) is 7.59. The minimum atomic E-state index is -0.745. The molecule has 0 aliphatic rings. The van der Waals surface area contributed by atoms with Crippen LogP contribution >= 0.6 is 11.6 Å². The molecule has 0 spiro atoms. The maximum atomic E-state index is 13.7. The number of rotatable bonds is 2. The number of pyridine rings is 1. The summed E-state index contributed by atoms with van der Waals surface area (Å²) in [4.78, 5) is 3.89. The van der Waals surface area contributed by atoms with Crippen molar-refractivity contribution in [3.05, 3.63) is 65.1 Å². The lowest BCUT2D eigenvalue weighted by Gasteiger charge is -2.10. The van der Waals surface area contributed by atoms with Gasteiger partial charge in [-0.1, -0.05) is 11.6 Å². The van der Waals surface area contributed by atoms with E-state index in [9.17, 15) is 13.2 Å². The first-order valence-corrected chi connectivity index (χ1v) is 6.38. The van der Waals surface area contributed by atoms with E-state index in [2.05, 4.69) is 10.3 Å². The van der Waals surface area contributed by atoms with E-state index in [4.69, 9.17) is 11.6 Å². The summed E-state index contributed by atoms with van der Waals surface area (Å²) in [6.07, 6.45) is 1.40. The van der Waals surface area contributed by atoms with Gasteiger partial charge < -0.3 is 5.32 Å². The molecule has 6 heteroatoms. The monoisotopic (exact) mass is 308 g/mol. The van der Waals surface area contributed by atoms with Crippen LogP contribution in [0.1, 0.15) is 0 Å². The Bertz CT molecular complexity index is 837. The highest BCUT2D eigenvalue weighted by atomic mass is 35.5. The van der Waals surface area contributed by atoms with Crippen molar-refractivity contribution in [1.82, 2.24) is 4.98 Å². The zero-order valence-corrected chi connectivity index (χ0v) is 11.3. The highest BCUT2D eigenvalue weighted by Crippen LogP contribution is 2.29. The van der Waals surface area contributed by atoms with Gasteiger partial charge in [0.1, 0.15) is 17.2 Å². The zero-order valence-electron chi connectivity index (χ0n) is 10.5. The highest BCUT2D eigenvalue weighted by Gasteiger charge is 2.10. The lowest BCUT2D eigenvalue weighted by atomic mass is 10.1. The van der Waals surface area contributed by atoms with E-state index in [1.165, 1.54) is 30.5 Å². The summed E-state index contributed by atoms with van der Waals surface area (Å²) in [5.74, 6) is -1.99. The molecule has 0 saturated carbocycles. The fourth-order valence-corrected chi connectivity index (χ4v) is 2.20. The second kappa shape index (κ2) is 5.26. The van der Waals surface area contributed by atoms with E-state index in [1.54, 1.807) is 6.07 Å². The standard InChI is InChI=1S/C15H8ClF3N2/c16-11-7-9(1-2-12(11)18)21-14-3-4-20-15-10(14)5-8(17)6-13(15)19/h1-7H,(H,20,21). The van der Waals surface area contributed by atoms with Crippen molar-refractivity contribution in [3.63, 3.8) is 0 Å². The molecule has 21 heavy (non-hydrogen) atoms. The first-order valence-electron chi connectivity index (χ1n) is 6.00. The molecule has 0 amide bonds. The third kappa shape index (κ3) is 2.64. The Hall–Kier alpha value is -2.27. The summed E-state index contributed by atoms with van der Waals surface area (Å²) in [5, 5.41) is 3.19. The van der Waals surface area contributed by atoms with Gasteiger partial charge in [0.25, 0.3) is 0 Å². The number of benzene rings is 2. The number of nitrogens with zero attached hydrogens (tertiary/aromatic N) is 1. The molecule has 3 aromatic rings. The van der Waals surface area contributed by atoms with Gasteiger partial charge in [0.2, 0.25) is 0 Å². The van der Waals surface area contributed by atoms with E-state index < -0.39 is 17.5 Å². The summed E-state index contributed by atoms with van der Waals surface area (Å²) < 4.78 is 40.2. The van der Waals surface area contributed by atoms with Gasteiger partial charge in [-0.2, -0.15) is 0 Å². The number of anilines is 2. The molecular formula is C15H8ClF3N2. The summed E-state index contributed by atoms with van der Waals surface area (Å²) >= 11 is 5.70. The van der Waals surface area contributed by atoms with Gasteiger partial charge in [-0.25, -0.2) is 13.2 Å². The first-order chi connectivity index (χ1) is 10.0. The second-order valence-electron chi connectivity index (χ2n) is 4.40. The Balaban J connectivity index is 2.10. The van der Waals surface area contributed by atoms with Crippen LogP contribution in [-0.4, -0.2) is 4.98 Å². The normalized spacial score (nSPS) is 10.9. The Kier molecular flexibility index (Phi) is 3.43. The molecule has 0 radical (unpaired) electrons. The van der Waals surface area contributed by atoms with E-state index in [-0.39, 0.29) is 15.9 Å². The van der Waals surface area contributed by atoms with Gasteiger partial charge in [-0.3, -0.25) is 4.98 Å². The number of hydrogen-bond acceptors (Lipinski definition) is 2. The molecule has 0 saturated heterocycles. The van der Waals surface area contributed by atoms with Crippen molar-refractivity contribution in [2.75, 3.05) is 5.32 Å². The van der Waals surface area contributed by atoms with Gasteiger partial charge in [-0.05, 0) is 30.3 Å². The van der Waals surface area contributed by atoms with E-state index in [1.807, 2.05) is 0 Å². The van der Waals surface area contributed by atoms with Crippen LogP contribution in [0.25, 0.3) is 10.9 Å². The van der Waals surface area contributed by atoms with E-state index in [0.29, 0.717) is 11.4 Å². The molecule has 2 aromatic carbocycles. The van der Waals surface area contributed by atoms with Gasteiger partial charge in [0.15, 0.2) is 5.82 Å². The molecule has 0 fully saturated rings. The summed E-state index contributed by atoms with van der Waals surface area (Å²) in [5.41, 5.74) is 0.995. The first kappa shape index (κ1) is 13.7. The van der Waals surface area contributed by atoms with Crippen LogP contribution in [0.5, 0.6) is 0 Å². The molecule has 1 N–H and O–H groups in total. The van der Waals surface area contributed by atoms with Crippen LogP contribution in [0.2, 0.25) is 5.02 Å². The van der Waals surface area contributed by atoms with Crippen LogP contribution in [0.3, 0.4) is 0 Å². The molecule has 0 aliphatic carbocycles. The third-order valence-corrected chi connectivity index (χ3v) is 3.25. The maximum Gasteiger partial charge on any atom is 0.152 e. The highest BCUT2D eigenvalue weighted by molar-refractivity contribution is 6.31. The largest absolute Gasteiger partial charge is 0.355 e. The van der Waals surface area contributed by atoms with Crippen LogP contribution in [0, 0.1) is 17.5 Å². The molecule has 2 nitrogen and oxygen atoms in total. The molecule has 1 heterocycles. The molecule has 3 rings (SSSR count). The third-order valence-electron chi connectivity index (χ3n) is 2.96. The molecule has 0 atom stereocenters. The number of nitrogens with one attached hydrogen (secondary N) is 1. The van der Waals surface area contributed by atoms with Crippen LogP contribution < -0.4 is 5.32 Å². The van der Waals surface area contributed by atoms with Crippen molar-refractivity contribution in [2.45, 2.75) is 0 Å². The molecule has 106 valence electrons. The Labute approximate surface area is 123 Å². The van der Waals surface area contributed by atoms with E-state index >= 15 is 0 Å². The van der Waals surface area contributed by atoms with Gasteiger partial charge >= 0.3 is 0 Å². The quantitative estimate of drug-likeness (QED) is 0.716. The van der Waals surface area contributed by atoms with Crippen molar-refractivity contribution in [3.8, 4) is 0 Å². The Morgan fingerprint density at radius 2 is 1.76 bits per heavy atom.